The number of hydrogen-bond donors (Lipinski definition) is 2. The first kappa shape index (κ1) is 23.0. The van der Waals surface area contributed by atoms with Crippen LogP contribution in [-0.2, 0) is 29.6 Å². The molecule has 0 atom stereocenters. The van der Waals surface area contributed by atoms with Gasteiger partial charge in [0.1, 0.15) is 11.8 Å². The summed E-state index contributed by atoms with van der Waals surface area (Å²) in [4.78, 5) is 4.16. The molecule has 0 saturated heterocycles. The third-order valence-corrected chi connectivity index (χ3v) is 5.74. The number of halogens is 1. The molecule has 0 fully saturated rings. The molecule has 1 heterocycles. The summed E-state index contributed by atoms with van der Waals surface area (Å²) in [7, 11) is -2.05. The number of benzene rings is 2. The summed E-state index contributed by atoms with van der Waals surface area (Å²) in [6.07, 6.45) is 2.44. The van der Waals surface area contributed by atoms with Crippen LogP contribution < -0.4 is 19.9 Å². The highest BCUT2D eigenvalue weighted by Crippen LogP contribution is 2.29. The highest BCUT2D eigenvalue weighted by molar-refractivity contribution is 7.89. The summed E-state index contributed by atoms with van der Waals surface area (Å²) in [6.45, 7) is 1.76. The molecule has 3 N–H and O–H groups in total. The number of pyridine rings is 1. The van der Waals surface area contributed by atoms with Crippen molar-refractivity contribution in [2.45, 2.75) is 24.5 Å². The van der Waals surface area contributed by atoms with Crippen molar-refractivity contribution >= 4 is 21.6 Å². The van der Waals surface area contributed by atoms with E-state index in [0.717, 1.165) is 29.7 Å². The third kappa shape index (κ3) is 6.93. The van der Waals surface area contributed by atoms with E-state index in [9.17, 15) is 8.42 Å². The molecule has 164 valence electrons. The summed E-state index contributed by atoms with van der Waals surface area (Å²) in [5.74, 6) is 1.30. The molecule has 0 aliphatic heterocycles. The maximum absolute atomic E-state index is 11.3. The second-order valence-corrected chi connectivity index (χ2v) is 8.83. The van der Waals surface area contributed by atoms with E-state index in [1.807, 2.05) is 24.3 Å². The second-order valence-electron chi connectivity index (χ2n) is 6.88. The Labute approximate surface area is 187 Å². The highest BCUT2D eigenvalue weighted by atomic mass is 35.5. The first-order chi connectivity index (χ1) is 14.8. The van der Waals surface area contributed by atoms with E-state index in [1.165, 1.54) is 12.1 Å². The molecule has 0 aliphatic rings. The number of nitrogens with two attached hydrogens (primary N) is 1. The topological polar surface area (TPSA) is 104 Å². The number of primary sulfonamides is 1. The maximum Gasteiger partial charge on any atom is 0.238 e. The quantitative estimate of drug-likeness (QED) is 0.354. The zero-order chi connectivity index (χ0) is 22.3. The molecule has 0 unspecified atom stereocenters. The summed E-state index contributed by atoms with van der Waals surface area (Å²) in [5.41, 5.74) is 2.99. The fourth-order valence-electron chi connectivity index (χ4n) is 2.91. The predicted octanol–water partition coefficient (Wildman–Crippen LogP) is 3.30. The van der Waals surface area contributed by atoms with Crippen LogP contribution in [-0.4, -0.2) is 27.1 Å². The Hall–Kier alpha value is -2.65. The van der Waals surface area contributed by atoms with E-state index >= 15 is 0 Å². The van der Waals surface area contributed by atoms with Crippen molar-refractivity contribution in [3.63, 3.8) is 0 Å². The number of nitrogens with zero attached hydrogens (tertiary/aromatic N) is 1. The number of hydrogen-bond acceptors (Lipinski definition) is 6. The van der Waals surface area contributed by atoms with Gasteiger partial charge in [0.25, 0.3) is 0 Å². The molecule has 0 spiro atoms. The Kier molecular flexibility index (Phi) is 7.86. The summed E-state index contributed by atoms with van der Waals surface area (Å²) < 4.78 is 33.9. The van der Waals surface area contributed by atoms with E-state index in [0.29, 0.717) is 29.8 Å². The maximum atomic E-state index is 11.3. The van der Waals surface area contributed by atoms with Crippen molar-refractivity contribution in [3.05, 3.63) is 82.6 Å². The van der Waals surface area contributed by atoms with Crippen LogP contribution in [0.2, 0.25) is 5.15 Å². The van der Waals surface area contributed by atoms with Gasteiger partial charge in [-0.2, -0.15) is 0 Å². The molecular weight excluding hydrogens is 438 g/mol. The molecule has 0 radical (unpaired) electrons. The molecular formula is C22H24ClN3O4S. The lowest BCUT2D eigenvalue weighted by molar-refractivity contribution is 0.284. The first-order valence-corrected chi connectivity index (χ1v) is 11.5. The largest absolute Gasteiger partial charge is 0.493 e. The molecule has 0 saturated carbocycles. The van der Waals surface area contributed by atoms with Gasteiger partial charge in [-0.1, -0.05) is 35.9 Å². The monoisotopic (exact) mass is 461 g/mol. The molecule has 0 aliphatic carbocycles. The Balaban J connectivity index is 1.49. The molecule has 2 aromatic carbocycles. The lowest BCUT2D eigenvalue weighted by atomic mass is 10.1. The fraction of sp³-hybridized carbons (Fsp3) is 0.227. The summed E-state index contributed by atoms with van der Waals surface area (Å²) in [5, 5.41) is 8.93. The van der Waals surface area contributed by atoms with Crippen LogP contribution in [0.15, 0.2) is 65.7 Å². The Morgan fingerprint density at radius 1 is 1.00 bits per heavy atom. The Morgan fingerprint density at radius 2 is 1.71 bits per heavy atom. The van der Waals surface area contributed by atoms with E-state index in [1.54, 1.807) is 31.5 Å². The van der Waals surface area contributed by atoms with Gasteiger partial charge in [-0.15, -0.1) is 0 Å². The van der Waals surface area contributed by atoms with Gasteiger partial charge in [0.15, 0.2) is 11.5 Å². The van der Waals surface area contributed by atoms with E-state index < -0.39 is 10.0 Å². The van der Waals surface area contributed by atoms with Crippen LogP contribution in [0.1, 0.15) is 16.7 Å². The SMILES string of the molecule is COc1cc(CNCCc2ccc(S(N)(=O)=O)cc2)ccc1OCc1ccc(Cl)nc1. The number of nitrogens with one attached hydrogen (secondary N) is 1. The van der Waals surface area contributed by atoms with Crippen LogP contribution in [0.5, 0.6) is 11.5 Å². The van der Waals surface area contributed by atoms with Crippen molar-refractivity contribution in [3.8, 4) is 11.5 Å². The summed E-state index contributed by atoms with van der Waals surface area (Å²) in [6, 6.07) is 16.0. The molecule has 9 heteroatoms. The van der Waals surface area contributed by atoms with Crippen molar-refractivity contribution in [2.24, 2.45) is 5.14 Å². The zero-order valence-corrected chi connectivity index (χ0v) is 18.6. The van der Waals surface area contributed by atoms with E-state index in [-0.39, 0.29) is 4.90 Å². The smallest absolute Gasteiger partial charge is 0.238 e. The molecule has 0 amide bonds. The first-order valence-electron chi connectivity index (χ1n) is 9.58. The van der Waals surface area contributed by atoms with Gasteiger partial charge in [-0.3, -0.25) is 0 Å². The Morgan fingerprint density at radius 3 is 2.35 bits per heavy atom. The third-order valence-electron chi connectivity index (χ3n) is 4.58. The van der Waals surface area contributed by atoms with Gasteiger partial charge in [0.2, 0.25) is 10.0 Å². The number of aromatic nitrogens is 1. The second kappa shape index (κ2) is 10.6. The molecule has 0 bridgehead atoms. The lowest BCUT2D eigenvalue weighted by Crippen LogP contribution is -2.17. The van der Waals surface area contributed by atoms with Gasteiger partial charge in [-0.25, -0.2) is 18.5 Å². The molecule has 1 aromatic heterocycles. The van der Waals surface area contributed by atoms with Gasteiger partial charge in [0.05, 0.1) is 12.0 Å². The van der Waals surface area contributed by atoms with Gasteiger partial charge < -0.3 is 14.8 Å². The molecule has 31 heavy (non-hydrogen) atoms. The number of ether oxygens (including phenoxy) is 2. The number of sulfonamides is 1. The Bertz CT molecular complexity index is 1100. The standard InChI is InChI=1S/C22H24ClN3O4S/c1-29-21-12-17(4-8-20(21)30-15-18-5-9-22(23)26-14-18)13-25-11-10-16-2-6-19(7-3-16)31(24,27)28/h2-9,12,14,25H,10-11,13,15H2,1H3,(H2,24,27,28). The van der Waals surface area contributed by atoms with Gasteiger partial charge in [0, 0.05) is 18.3 Å². The van der Waals surface area contributed by atoms with Crippen molar-refractivity contribution in [1.82, 2.24) is 10.3 Å². The van der Waals surface area contributed by atoms with Crippen LogP contribution in [0.4, 0.5) is 0 Å². The lowest BCUT2D eigenvalue weighted by Gasteiger charge is -2.13. The minimum Gasteiger partial charge on any atom is -0.493 e. The van der Waals surface area contributed by atoms with Gasteiger partial charge >= 0.3 is 0 Å². The fourth-order valence-corrected chi connectivity index (χ4v) is 3.53. The van der Waals surface area contributed by atoms with Crippen molar-refractivity contribution in [1.29, 1.82) is 0 Å². The minimum absolute atomic E-state index is 0.117. The van der Waals surface area contributed by atoms with E-state index in [2.05, 4.69) is 10.3 Å². The van der Waals surface area contributed by atoms with Crippen molar-refractivity contribution in [2.75, 3.05) is 13.7 Å². The van der Waals surface area contributed by atoms with Crippen LogP contribution in [0.25, 0.3) is 0 Å². The van der Waals surface area contributed by atoms with E-state index in [4.69, 9.17) is 26.2 Å². The number of rotatable bonds is 10. The average molecular weight is 462 g/mol. The minimum atomic E-state index is -3.66. The highest BCUT2D eigenvalue weighted by Gasteiger charge is 2.08. The zero-order valence-electron chi connectivity index (χ0n) is 17.0. The van der Waals surface area contributed by atoms with Crippen molar-refractivity contribution < 1.29 is 17.9 Å². The predicted molar refractivity (Wildman–Crippen MR) is 120 cm³/mol. The normalized spacial score (nSPS) is 11.3. The molecule has 7 nitrogen and oxygen atoms in total. The van der Waals surface area contributed by atoms with Crippen LogP contribution in [0, 0.1) is 0 Å². The molecule has 3 aromatic rings. The van der Waals surface area contributed by atoms with Crippen LogP contribution in [0.3, 0.4) is 0 Å². The van der Waals surface area contributed by atoms with Crippen LogP contribution >= 0.6 is 11.6 Å². The number of methoxy groups -OCH3 is 1. The summed E-state index contributed by atoms with van der Waals surface area (Å²) >= 11 is 5.80. The average Bonchev–Trinajstić information content (AvgIpc) is 2.76. The molecule has 3 rings (SSSR count). The van der Waals surface area contributed by atoms with Gasteiger partial charge in [-0.05, 0) is 54.4 Å².